The highest BCUT2D eigenvalue weighted by Gasteiger charge is 2.31. The van der Waals surface area contributed by atoms with Gasteiger partial charge in [0.15, 0.2) is 0 Å². The van der Waals surface area contributed by atoms with Gasteiger partial charge < -0.3 is 24.6 Å². The molecule has 0 heterocycles. The van der Waals surface area contributed by atoms with Gasteiger partial charge in [0.05, 0.1) is 6.42 Å². The number of ether oxygens (including phenoxy) is 2. The lowest BCUT2D eigenvalue weighted by Gasteiger charge is -2.28. The number of hydrogen-bond acceptors (Lipinski definition) is 6. The van der Waals surface area contributed by atoms with Crippen molar-refractivity contribution in [1.29, 1.82) is 0 Å². The van der Waals surface area contributed by atoms with Gasteiger partial charge in [0.25, 0.3) is 0 Å². The largest absolute Gasteiger partial charge is 0.460 e. The van der Waals surface area contributed by atoms with E-state index in [1.165, 1.54) is 4.90 Å². The van der Waals surface area contributed by atoms with Crippen LogP contribution in [0.2, 0.25) is 0 Å². The predicted molar refractivity (Wildman–Crippen MR) is 137 cm³/mol. The van der Waals surface area contributed by atoms with Gasteiger partial charge in [-0.15, -0.1) is 23.2 Å². The molecule has 34 heavy (non-hydrogen) atoms. The second kappa shape index (κ2) is 13.0. The van der Waals surface area contributed by atoms with Gasteiger partial charge in [0.1, 0.15) is 17.2 Å². The maximum Gasteiger partial charge on any atom is 0.408 e. The summed E-state index contributed by atoms with van der Waals surface area (Å²) < 4.78 is 10.6. The first-order valence-corrected chi connectivity index (χ1v) is 12.2. The number of nitrogens with zero attached hydrogens (tertiary/aromatic N) is 2. The molecule has 8 nitrogen and oxygen atoms in total. The zero-order valence-electron chi connectivity index (χ0n) is 21.1. The monoisotopic (exact) mass is 517 g/mol. The fourth-order valence-electron chi connectivity index (χ4n) is 3.03. The fraction of sp³-hybridized carbons (Fsp3) is 0.625. The van der Waals surface area contributed by atoms with Gasteiger partial charge in [-0.1, -0.05) is 6.07 Å². The van der Waals surface area contributed by atoms with Crippen molar-refractivity contribution in [3.05, 3.63) is 24.3 Å². The molecule has 10 heteroatoms. The van der Waals surface area contributed by atoms with Crippen molar-refractivity contribution in [1.82, 2.24) is 5.32 Å². The third-order valence-corrected chi connectivity index (χ3v) is 4.74. The Labute approximate surface area is 212 Å². The molecule has 0 aliphatic carbocycles. The van der Waals surface area contributed by atoms with E-state index >= 15 is 0 Å². The Kier molecular flexibility index (Phi) is 11.5. The number of esters is 1. The lowest BCUT2D eigenvalue weighted by Crippen LogP contribution is -2.50. The summed E-state index contributed by atoms with van der Waals surface area (Å²) in [6.45, 7) is 11.5. The molecule has 0 spiro atoms. The molecule has 1 aromatic rings. The summed E-state index contributed by atoms with van der Waals surface area (Å²) in [7, 11) is 1.58. The molecule has 0 saturated carbocycles. The number of likely N-dealkylation sites (N-methyl/N-ethyl adjacent to an activating group) is 1. The lowest BCUT2D eigenvalue weighted by molar-refractivity contribution is -0.156. The van der Waals surface area contributed by atoms with Crippen LogP contribution in [0.3, 0.4) is 0 Å². The average molecular weight is 518 g/mol. The number of nitrogens with one attached hydrogen (secondary N) is 1. The van der Waals surface area contributed by atoms with Crippen LogP contribution in [0.1, 0.15) is 48.0 Å². The molecule has 0 fully saturated rings. The number of rotatable bonds is 10. The summed E-state index contributed by atoms with van der Waals surface area (Å²) in [5, 5.41) is 2.52. The fourth-order valence-corrected chi connectivity index (χ4v) is 3.44. The molecule has 0 aromatic heterocycles. The van der Waals surface area contributed by atoms with Crippen molar-refractivity contribution < 1.29 is 23.9 Å². The van der Waals surface area contributed by atoms with Crippen molar-refractivity contribution in [2.45, 2.75) is 65.2 Å². The standard InChI is InChI=1S/C24H37Cl2N3O5/c1-23(2,3)33-20(30)16-19(27-22(32)34-24(4,5)6)21(31)28(7)17-9-8-10-18(15-17)29(13-11-25)14-12-26/h8-10,15,19H,11-14,16H2,1-7H3,(H,27,32)/t19-/m1/s1. The molecule has 0 aliphatic rings. The van der Waals surface area contributed by atoms with E-state index in [0.29, 0.717) is 30.5 Å². The lowest BCUT2D eigenvalue weighted by atomic mass is 10.1. The predicted octanol–water partition coefficient (Wildman–Crippen LogP) is 4.56. The van der Waals surface area contributed by atoms with E-state index in [2.05, 4.69) is 5.32 Å². The molecule has 0 bridgehead atoms. The highest BCUT2D eigenvalue weighted by molar-refractivity contribution is 6.18. The van der Waals surface area contributed by atoms with E-state index in [1.807, 2.05) is 23.1 Å². The molecule has 1 rings (SSSR count). The Bertz CT molecular complexity index is 801. The van der Waals surface area contributed by atoms with Gasteiger partial charge in [-0.25, -0.2) is 4.79 Å². The highest BCUT2D eigenvalue weighted by Crippen LogP contribution is 2.23. The van der Waals surface area contributed by atoms with Crippen LogP contribution in [0.25, 0.3) is 0 Å². The molecular formula is C24H37Cl2N3O5. The second-order valence-electron chi connectivity index (χ2n) is 9.77. The molecule has 1 atom stereocenters. The quantitative estimate of drug-likeness (QED) is 0.361. The topological polar surface area (TPSA) is 88.2 Å². The number of alkyl halides is 2. The summed E-state index contributed by atoms with van der Waals surface area (Å²) in [6.07, 6.45) is -1.14. The van der Waals surface area contributed by atoms with Gasteiger partial charge in [-0.2, -0.15) is 0 Å². The molecule has 0 aliphatic heterocycles. The molecule has 0 radical (unpaired) electrons. The van der Waals surface area contributed by atoms with Gasteiger partial charge in [0, 0.05) is 43.3 Å². The minimum Gasteiger partial charge on any atom is -0.460 e. The van der Waals surface area contributed by atoms with Crippen molar-refractivity contribution in [2.75, 3.05) is 41.7 Å². The van der Waals surface area contributed by atoms with E-state index in [0.717, 1.165) is 5.69 Å². The highest BCUT2D eigenvalue weighted by atomic mass is 35.5. The smallest absolute Gasteiger partial charge is 0.408 e. The SMILES string of the molecule is CN(C(=O)[C@@H](CC(=O)OC(C)(C)C)NC(=O)OC(C)(C)C)c1cccc(N(CCCl)CCCl)c1. The van der Waals surface area contributed by atoms with Crippen molar-refractivity contribution in [2.24, 2.45) is 0 Å². The van der Waals surface area contributed by atoms with Crippen LogP contribution in [0.5, 0.6) is 0 Å². The van der Waals surface area contributed by atoms with Gasteiger partial charge in [-0.3, -0.25) is 9.59 Å². The minimum atomic E-state index is -1.18. The number of anilines is 2. The third-order valence-electron chi connectivity index (χ3n) is 4.40. The Balaban J connectivity index is 3.16. The van der Waals surface area contributed by atoms with E-state index in [9.17, 15) is 14.4 Å². The Morgan fingerprint density at radius 3 is 1.97 bits per heavy atom. The summed E-state index contributed by atoms with van der Waals surface area (Å²) in [6, 6.07) is 6.13. The maximum atomic E-state index is 13.4. The summed E-state index contributed by atoms with van der Waals surface area (Å²) in [5.41, 5.74) is -0.0671. The average Bonchev–Trinajstić information content (AvgIpc) is 2.69. The molecule has 0 saturated heterocycles. The van der Waals surface area contributed by atoms with Gasteiger partial charge in [-0.05, 0) is 59.7 Å². The number of benzene rings is 1. The molecule has 1 N–H and O–H groups in total. The molecule has 0 unspecified atom stereocenters. The van der Waals surface area contributed by atoms with Gasteiger partial charge >= 0.3 is 12.1 Å². The van der Waals surface area contributed by atoms with E-state index in [4.69, 9.17) is 32.7 Å². The number of alkyl carbamates (subject to hydrolysis) is 1. The zero-order valence-corrected chi connectivity index (χ0v) is 22.6. The first-order chi connectivity index (χ1) is 15.7. The molecule has 2 amide bonds. The van der Waals surface area contributed by atoms with Gasteiger partial charge in [0.2, 0.25) is 5.91 Å². The molecular weight excluding hydrogens is 481 g/mol. The maximum absolute atomic E-state index is 13.4. The Morgan fingerprint density at radius 2 is 1.47 bits per heavy atom. The van der Waals surface area contributed by atoms with Crippen LogP contribution in [-0.2, 0) is 19.1 Å². The minimum absolute atomic E-state index is 0.343. The molecule has 192 valence electrons. The number of carbonyl (C=O) groups is 3. The first-order valence-electron chi connectivity index (χ1n) is 11.1. The summed E-state index contributed by atoms with van der Waals surface area (Å²) in [5.74, 6) is -0.254. The van der Waals surface area contributed by atoms with Crippen LogP contribution >= 0.6 is 23.2 Å². The number of carbonyl (C=O) groups excluding carboxylic acids is 3. The number of halogens is 2. The normalized spacial score (nSPS) is 12.5. The number of hydrogen-bond donors (Lipinski definition) is 1. The van der Waals surface area contributed by atoms with E-state index in [1.54, 1.807) is 54.7 Å². The van der Waals surface area contributed by atoms with Crippen LogP contribution < -0.4 is 15.1 Å². The second-order valence-corrected chi connectivity index (χ2v) is 10.5. The first kappa shape index (κ1) is 29.8. The number of amides is 2. The summed E-state index contributed by atoms with van der Waals surface area (Å²) in [4.78, 5) is 41.6. The zero-order chi connectivity index (χ0) is 26.1. The Hall–Kier alpha value is -2.19. The Morgan fingerprint density at radius 1 is 0.941 bits per heavy atom. The van der Waals surface area contributed by atoms with Crippen molar-refractivity contribution in [3.63, 3.8) is 0 Å². The van der Waals surface area contributed by atoms with Crippen LogP contribution in [0.4, 0.5) is 16.2 Å². The summed E-state index contributed by atoms with van der Waals surface area (Å²) >= 11 is 11.8. The van der Waals surface area contributed by atoms with Crippen LogP contribution in [-0.4, -0.2) is 67.1 Å². The van der Waals surface area contributed by atoms with Crippen LogP contribution in [0.15, 0.2) is 24.3 Å². The van der Waals surface area contributed by atoms with Crippen molar-refractivity contribution >= 4 is 52.5 Å². The van der Waals surface area contributed by atoms with E-state index in [-0.39, 0.29) is 6.42 Å². The third kappa shape index (κ3) is 10.8. The van der Waals surface area contributed by atoms with Crippen molar-refractivity contribution in [3.8, 4) is 0 Å². The van der Waals surface area contributed by atoms with Crippen LogP contribution in [0, 0.1) is 0 Å². The molecule has 1 aromatic carbocycles. The van der Waals surface area contributed by atoms with E-state index < -0.39 is 35.2 Å².